The number of rotatable bonds is 5. The molecule has 2 aromatic carbocycles. The summed E-state index contributed by atoms with van der Waals surface area (Å²) in [5.74, 6) is -0.615. The van der Waals surface area contributed by atoms with Gasteiger partial charge in [-0.15, -0.1) is 0 Å². The first-order valence-electron chi connectivity index (χ1n) is 8.82. The van der Waals surface area contributed by atoms with Crippen molar-refractivity contribution in [2.45, 2.75) is 19.0 Å². The molecular formula is C20H19Cl2N3O2S. The van der Waals surface area contributed by atoms with Crippen LogP contribution in [0.15, 0.2) is 42.5 Å². The van der Waals surface area contributed by atoms with Gasteiger partial charge >= 0.3 is 5.97 Å². The topological polar surface area (TPSA) is 57.4 Å². The Hall–Kier alpha value is -1.70. The molecule has 0 aliphatic carbocycles. The quantitative estimate of drug-likeness (QED) is 0.440. The number of H-pyrrole nitrogens is 1. The van der Waals surface area contributed by atoms with Gasteiger partial charge in [0.25, 0.3) is 0 Å². The van der Waals surface area contributed by atoms with Gasteiger partial charge in [-0.3, -0.25) is 4.79 Å². The first kappa shape index (κ1) is 19.6. The van der Waals surface area contributed by atoms with Crippen LogP contribution < -0.4 is 4.72 Å². The van der Waals surface area contributed by atoms with E-state index in [1.54, 1.807) is 0 Å². The number of halogens is 2. The Balaban J connectivity index is 1.53. The lowest BCUT2D eigenvalue weighted by Crippen LogP contribution is -2.34. The number of aromatic nitrogens is 1. The first-order valence-corrected chi connectivity index (χ1v) is 10.3. The number of nitrogens with zero attached hydrogens (tertiary/aromatic N) is 1. The monoisotopic (exact) mass is 435 g/mol. The molecule has 8 heteroatoms. The van der Waals surface area contributed by atoms with Crippen LogP contribution >= 0.6 is 35.3 Å². The first-order chi connectivity index (χ1) is 13.5. The van der Waals surface area contributed by atoms with Crippen molar-refractivity contribution in [1.29, 1.82) is 0 Å². The average molecular weight is 436 g/mol. The molecule has 1 atom stereocenters. The number of aromatic amines is 1. The van der Waals surface area contributed by atoms with E-state index in [9.17, 15) is 4.79 Å². The lowest BCUT2D eigenvalue weighted by Gasteiger charge is -2.30. The zero-order valence-corrected chi connectivity index (χ0v) is 17.5. The molecule has 2 heterocycles. The Bertz CT molecular complexity index is 1010. The van der Waals surface area contributed by atoms with Crippen LogP contribution in [0.4, 0.5) is 0 Å². The summed E-state index contributed by atoms with van der Waals surface area (Å²) in [6.07, 6.45) is 0. The number of esters is 1. The minimum Gasteiger partial charge on any atom is -0.469 e. The van der Waals surface area contributed by atoms with Gasteiger partial charge in [0.2, 0.25) is 0 Å². The molecular weight excluding hydrogens is 417 g/mol. The summed E-state index contributed by atoms with van der Waals surface area (Å²) in [5.41, 5.74) is 4.11. The molecule has 0 bridgehead atoms. The van der Waals surface area contributed by atoms with E-state index >= 15 is 0 Å². The van der Waals surface area contributed by atoms with Gasteiger partial charge in [-0.05, 0) is 41.5 Å². The van der Waals surface area contributed by atoms with E-state index in [0.29, 0.717) is 24.7 Å². The summed E-state index contributed by atoms with van der Waals surface area (Å²) < 4.78 is 10.6. The molecule has 4 rings (SSSR count). The minimum absolute atomic E-state index is 0.245. The van der Waals surface area contributed by atoms with Gasteiger partial charge in [-0.25, -0.2) is 9.03 Å². The van der Waals surface area contributed by atoms with Gasteiger partial charge in [-0.1, -0.05) is 35.3 Å². The van der Waals surface area contributed by atoms with Crippen LogP contribution in [0.25, 0.3) is 10.9 Å². The normalized spacial score (nSPS) is 16.9. The summed E-state index contributed by atoms with van der Waals surface area (Å²) in [5, 5.41) is 2.36. The molecule has 1 aromatic heterocycles. The second-order valence-corrected chi connectivity index (χ2v) is 8.50. The highest BCUT2D eigenvalue weighted by Gasteiger charge is 2.34. The third-order valence-electron chi connectivity index (χ3n) is 4.82. The number of hydrogen-bond donors (Lipinski definition) is 2. The largest absolute Gasteiger partial charge is 0.469 e. The van der Waals surface area contributed by atoms with Crippen LogP contribution in [0.5, 0.6) is 0 Å². The van der Waals surface area contributed by atoms with Gasteiger partial charge in [-0.2, -0.15) is 0 Å². The highest BCUT2D eigenvalue weighted by molar-refractivity contribution is 7.95. The number of carbonyl (C=O) groups excluding carboxylic acids is 1. The van der Waals surface area contributed by atoms with Crippen molar-refractivity contribution in [2.75, 3.05) is 13.7 Å². The number of benzene rings is 2. The molecule has 146 valence electrons. The second kappa shape index (κ2) is 8.35. The van der Waals surface area contributed by atoms with Crippen molar-refractivity contribution >= 4 is 52.2 Å². The number of nitrogens with one attached hydrogen (secondary N) is 2. The maximum atomic E-state index is 12.5. The van der Waals surface area contributed by atoms with Crippen LogP contribution in [0.3, 0.4) is 0 Å². The standard InChI is InChI=1S/C20H19Cl2N3O2S/c1-27-20(26)16-10-25(28-23-9-12-2-4-13(21)5-3-12)11-18-19(16)15-8-14(22)6-7-17(15)24-18/h2-8,16,23-24H,9-11H2,1H3. The maximum absolute atomic E-state index is 12.5. The zero-order chi connectivity index (χ0) is 19.7. The van der Waals surface area contributed by atoms with Crippen molar-refractivity contribution in [2.24, 2.45) is 0 Å². The number of carbonyl (C=O) groups is 1. The third-order valence-corrected chi connectivity index (χ3v) is 6.12. The number of fused-ring (bicyclic) bond motifs is 3. The molecule has 1 unspecified atom stereocenters. The highest BCUT2D eigenvalue weighted by atomic mass is 35.5. The number of hydrogen-bond acceptors (Lipinski definition) is 5. The maximum Gasteiger partial charge on any atom is 0.314 e. The fourth-order valence-corrected chi connectivity index (χ4v) is 4.64. The Morgan fingerprint density at radius 3 is 2.75 bits per heavy atom. The Morgan fingerprint density at radius 1 is 1.25 bits per heavy atom. The van der Waals surface area contributed by atoms with Gasteiger partial charge in [0.05, 0.1) is 19.6 Å². The average Bonchev–Trinajstić information content (AvgIpc) is 3.06. The summed E-state index contributed by atoms with van der Waals surface area (Å²) in [7, 11) is 1.43. The second-order valence-electron chi connectivity index (χ2n) is 6.64. The molecule has 0 spiro atoms. The zero-order valence-electron chi connectivity index (χ0n) is 15.2. The molecule has 3 aromatic rings. The van der Waals surface area contributed by atoms with E-state index in [1.807, 2.05) is 42.5 Å². The van der Waals surface area contributed by atoms with Gasteiger partial charge < -0.3 is 9.72 Å². The number of methoxy groups -OCH3 is 1. The lowest BCUT2D eigenvalue weighted by molar-refractivity contribution is -0.142. The van der Waals surface area contributed by atoms with Gasteiger partial charge in [0.15, 0.2) is 0 Å². The molecule has 0 amide bonds. The van der Waals surface area contributed by atoms with E-state index in [2.05, 4.69) is 14.0 Å². The molecule has 0 saturated carbocycles. The van der Waals surface area contributed by atoms with Crippen LogP contribution in [-0.4, -0.2) is 28.9 Å². The van der Waals surface area contributed by atoms with Crippen LogP contribution in [0.2, 0.25) is 10.0 Å². The molecule has 1 aliphatic rings. The molecule has 0 radical (unpaired) electrons. The Labute approximate surface area is 177 Å². The molecule has 1 aliphatic heterocycles. The molecule has 0 saturated heterocycles. The van der Waals surface area contributed by atoms with Gasteiger partial charge in [0, 0.05) is 51.9 Å². The molecule has 5 nitrogen and oxygen atoms in total. The van der Waals surface area contributed by atoms with E-state index in [4.69, 9.17) is 27.9 Å². The summed E-state index contributed by atoms with van der Waals surface area (Å²) in [4.78, 5) is 15.9. The fourth-order valence-electron chi connectivity index (χ4n) is 3.51. The van der Waals surface area contributed by atoms with Gasteiger partial charge in [0.1, 0.15) is 0 Å². The predicted octanol–water partition coefficient (Wildman–Crippen LogP) is 4.90. The number of ether oxygens (including phenoxy) is 1. The molecule has 2 N–H and O–H groups in total. The van der Waals surface area contributed by atoms with E-state index in [1.165, 1.54) is 19.2 Å². The smallest absolute Gasteiger partial charge is 0.314 e. The SMILES string of the molecule is COC(=O)C1CN(SNCc2ccc(Cl)cc2)Cc2[nH]c3ccc(Cl)cc3c21. The van der Waals surface area contributed by atoms with E-state index in [0.717, 1.165) is 32.7 Å². The summed E-state index contributed by atoms with van der Waals surface area (Å²) >= 11 is 13.6. The summed E-state index contributed by atoms with van der Waals surface area (Å²) in [6.45, 7) is 1.93. The van der Waals surface area contributed by atoms with Crippen molar-refractivity contribution in [1.82, 2.24) is 14.0 Å². The van der Waals surface area contributed by atoms with Crippen LogP contribution in [0, 0.1) is 0 Å². The molecule has 0 fully saturated rings. The van der Waals surface area contributed by atoms with Crippen molar-refractivity contribution < 1.29 is 9.53 Å². The van der Waals surface area contributed by atoms with E-state index < -0.39 is 0 Å². The summed E-state index contributed by atoms with van der Waals surface area (Å²) in [6, 6.07) is 13.4. The molecule has 28 heavy (non-hydrogen) atoms. The third kappa shape index (κ3) is 4.02. The Morgan fingerprint density at radius 2 is 2.00 bits per heavy atom. The Kier molecular flexibility index (Phi) is 5.85. The van der Waals surface area contributed by atoms with Crippen LogP contribution in [0.1, 0.15) is 22.7 Å². The highest BCUT2D eigenvalue weighted by Crippen LogP contribution is 2.38. The predicted molar refractivity (Wildman–Crippen MR) is 114 cm³/mol. The van der Waals surface area contributed by atoms with E-state index in [-0.39, 0.29) is 11.9 Å². The van der Waals surface area contributed by atoms with Crippen molar-refractivity contribution in [3.8, 4) is 0 Å². The van der Waals surface area contributed by atoms with Crippen molar-refractivity contribution in [3.05, 3.63) is 69.3 Å². The fraction of sp³-hybridized carbons (Fsp3) is 0.250. The van der Waals surface area contributed by atoms with Crippen molar-refractivity contribution in [3.63, 3.8) is 0 Å². The lowest BCUT2D eigenvalue weighted by atomic mass is 9.93. The minimum atomic E-state index is -0.370. The van der Waals surface area contributed by atoms with Crippen LogP contribution in [-0.2, 0) is 22.6 Å².